The number of hydrogen-bond donors (Lipinski definition) is 1. The van der Waals surface area contributed by atoms with E-state index in [4.69, 9.17) is 11.6 Å². The number of nitrogens with zero attached hydrogens (tertiary/aromatic N) is 2. The molecule has 0 aromatic carbocycles. The summed E-state index contributed by atoms with van der Waals surface area (Å²) in [5.41, 5.74) is 0.986. The number of likely N-dealkylation sites (tertiary alicyclic amines) is 1. The number of aliphatic hydroxyl groups is 1. The van der Waals surface area contributed by atoms with E-state index in [1.807, 2.05) is 0 Å². The van der Waals surface area contributed by atoms with Crippen molar-refractivity contribution in [1.82, 2.24) is 9.88 Å². The highest BCUT2D eigenvalue weighted by atomic mass is 35.5. The Morgan fingerprint density at radius 3 is 2.78 bits per heavy atom. The largest absolute Gasteiger partial charge is 0.396 e. The first kappa shape index (κ1) is 14.3. The molecule has 1 fully saturated rings. The Hall–Kier alpha value is -0.160. The van der Waals surface area contributed by atoms with E-state index < -0.39 is 0 Å². The van der Waals surface area contributed by atoms with Crippen molar-refractivity contribution in [2.75, 3.05) is 19.7 Å². The molecule has 1 saturated heterocycles. The lowest BCUT2D eigenvalue weighted by Crippen LogP contribution is -2.37. The fourth-order valence-electron chi connectivity index (χ4n) is 2.57. The van der Waals surface area contributed by atoms with E-state index in [-0.39, 0.29) is 0 Å². The molecule has 1 aliphatic heterocycles. The number of thiazole rings is 1. The molecule has 3 nitrogen and oxygen atoms in total. The van der Waals surface area contributed by atoms with Crippen molar-refractivity contribution in [3.63, 3.8) is 0 Å². The number of rotatable bonds is 5. The van der Waals surface area contributed by atoms with E-state index in [1.54, 1.807) is 11.3 Å². The van der Waals surface area contributed by atoms with Gasteiger partial charge in [-0.25, -0.2) is 4.98 Å². The maximum atomic E-state index is 9.18. The third-order valence-electron chi connectivity index (χ3n) is 3.73. The van der Waals surface area contributed by atoms with Crippen molar-refractivity contribution >= 4 is 22.9 Å². The van der Waals surface area contributed by atoms with Crippen LogP contribution in [-0.4, -0.2) is 34.7 Å². The predicted molar refractivity (Wildman–Crippen MR) is 76.1 cm³/mol. The molecule has 0 saturated carbocycles. The zero-order chi connectivity index (χ0) is 13.0. The van der Waals surface area contributed by atoms with Crippen LogP contribution < -0.4 is 0 Å². The van der Waals surface area contributed by atoms with Gasteiger partial charge in [-0.15, -0.1) is 22.9 Å². The second-order valence-electron chi connectivity index (χ2n) is 4.90. The maximum Gasteiger partial charge on any atom is 0.110 e. The van der Waals surface area contributed by atoms with Gasteiger partial charge in [0.1, 0.15) is 5.01 Å². The van der Waals surface area contributed by atoms with Crippen molar-refractivity contribution in [3.8, 4) is 0 Å². The monoisotopic (exact) mass is 288 g/mol. The molecule has 0 aliphatic carbocycles. The zero-order valence-electron chi connectivity index (χ0n) is 10.8. The number of aliphatic hydroxyl groups excluding tert-OH is 1. The van der Waals surface area contributed by atoms with Gasteiger partial charge in [-0.05, 0) is 38.3 Å². The molecule has 0 radical (unpaired) electrons. The quantitative estimate of drug-likeness (QED) is 0.846. The van der Waals surface area contributed by atoms with Gasteiger partial charge in [0, 0.05) is 12.0 Å². The van der Waals surface area contributed by atoms with Crippen molar-refractivity contribution in [2.45, 2.75) is 38.1 Å². The molecule has 18 heavy (non-hydrogen) atoms. The number of hydrogen-bond acceptors (Lipinski definition) is 4. The summed E-state index contributed by atoms with van der Waals surface area (Å²) in [4.78, 5) is 7.11. The van der Waals surface area contributed by atoms with Crippen molar-refractivity contribution in [2.24, 2.45) is 5.92 Å². The van der Waals surface area contributed by atoms with Crippen LogP contribution in [0.15, 0.2) is 5.38 Å². The number of aromatic nitrogens is 1. The van der Waals surface area contributed by atoms with Crippen molar-refractivity contribution in [3.05, 3.63) is 16.1 Å². The topological polar surface area (TPSA) is 36.4 Å². The minimum atomic E-state index is 0.332. The summed E-state index contributed by atoms with van der Waals surface area (Å²) in [5.74, 6) is 0.993. The molecule has 2 heterocycles. The highest BCUT2D eigenvalue weighted by Crippen LogP contribution is 2.31. The molecule has 5 heteroatoms. The Morgan fingerprint density at radius 1 is 1.56 bits per heavy atom. The Labute approximate surface area is 118 Å². The van der Waals surface area contributed by atoms with Gasteiger partial charge in [0.15, 0.2) is 0 Å². The van der Waals surface area contributed by atoms with Gasteiger partial charge >= 0.3 is 0 Å². The predicted octanol–water partition coefficient (Wildman–Crippen LogP) is 3.04. The van der Waals surface area contributed by atoms with E-state index in [9.17, 15) is 5.11 Å². The minimum Gasteiger partial charge on any atom is -0.396 e. The molecule has 1 unspecified atom stereocenters. The van der Waals surface area contributed by atoms with E-state index in [0.717, 1.165) is 38.0 Å². The highest BCUT2D eigenvalue weighted by Gasteiger charge is 2.26. The number of halogens is 1. The van der Waals surface area contributed by atoms with Crippen LogP contribution in [0.3, 0.4) is 0 Å². The fraction of sp³-hybridized carbons (Fsp3) is 0.769. The Kier molecular flexibility index (Phi) is 5.42. The summed E-state index contributed by atoms with van der Waals surface area (Å²) in [6, 6.07) is 0.423. The van der Waals surface area contributed by atoms with Crippen molar-refractivity contribution < 1.29 is 5.11 Å². The molecule has 1 aromatic heterocycles. The summed E-state index contributed by atoms with van der Waals surface area (Å²) >= 11 is 7.54. The molecule has 0 amide bonds. The normalized spacial score (nSPS) is 20.2. The third kappa shape index (κ3) is 3.23. The summed E-state index contributed by atoms with van der Waals surface area (Å²) < 4.78 is 0. The molecule has 1 atom stereocenters. The van der Waals surface area contributed by atoms with Gasteiger partial charge in [-0.1, -0.05) is 6.92 Å². The Morgan fingerprint density at radius 2 is 2.28 bits per heavy atom. The Bertz CT molecular complexity index is 364. The Balaban J connectivity index is 2.00. The van der Waals surface area contributed by atoms with Crippen molar-refractivity contribution in [1.29, 1.82) is 0 Å². The summed E-state index contributed by atoms with van der Waals surface area (Å²) in [5, 5.41) is 12.4. The van der Waals surface area contributed by atoms with Gasteiger partial charge in [0.25, 0.3) is 0 Å². The van der Waals surface area contributed by atoms with Crippen LogP contribution in [0.1, 0.15) is 42.9 Å². The lowest BCUT2D eigenvalue weighted by atomic mass is 9.96. The van der Waals surface area contributed by atoms with Gasteiger partial charge in [0.2, 0.25) is 0 Å². The molecule has 0 bridgehead atoms. The molecule has 2 rings (SSSR count). The van der Waals surface area contributed by atoms with Crippen LogP contribution in [0.25, 0.3) is 0 Å². The molecule has 102 valence electrons. The van der Waals surface area contributed by atoms with Gasteiger partial charge in [-0.2, -0.15) is 0 Å². The standard InChI is InChI=1S/C13H21ClN2OS/c1-2-12(13-15-11(7-14)9-18-13)16-5-3-10(8-17)4-6-16/h9-10,12,17H,2-8H2,1H3. The second-order valence-corrected chi connectivity index (χ2v) is 6.05. The highest BCUT2D eigenvalue weighted by molar-refractivity contribution is 7.09. The molecular formula is C13H21ClN2OS. The number of piperidine rings is 1. The first-order valence-electron chi connectivity index (χ1n) is 6.63. The van der Waals surface area contributed by atoms with E-state index in [0.29, 0.717) is 24.4 Å². The maximum absolute atomic E-state index is 9.18. The van der Waals surface area contributed by atoms with E-state index in [1.165, 1.54) is 5.01 Å². The van der Waals surface area contributed by atoms with Gasteiger partial charge < -0.3 is 5.11 Å². The van der Waals surface area contributed by atoms with Gasteiger partial charge in [-0.3, -0.25) is 4.90 Å². The SMILES string of the molecule is CCC(c1nc(CCl)cs1)N1CCC(CO)CC1. The van der Waals surface area contributed by atoms with Crippen LogP contribution in [-0.2, 0) is 5.88 Å². The third-order valence-corrected chi connectivity index (χ3v) is 4.99. The van der Waals surface area contributed by atoms with Crippen LogP contribution in [0.4, 0.5) is 0 Å². The lowest BCUT2D eigenvalue weighted by Gasteiger charge is -2.35. The van der Waals surface area contributed by atoms with Crippen LogP contribution in [0, 0.1) is 5.92 Å². The average molecular weight is 289 g/mol. The summed E-state index contributed by atoms with van der Waals surface area (Å²) in [6.07, 6.45) is 3.28. The summed E-state index contributed by atoms with van der Waals surface area (Å²) in [6.45, 7) is 4.68. The van der Waals surface area contributed by atoms with E-state index in [2.05, 4.69) is 22.2 Å². The smallest absolute Gasteiger partial charge is 0.110 e. The molecule has 1 aliphatic rings. The van der Waals surface area contributed by atoms with Crippen LogP contribution in [0.5, 0.6) is 0 Å². The zero-order valence-corrected chi connectivity index (χ0v) is 12.4. The average Bonchev–Trinajstić information content (AvgIpc) is 2.89. The number of alkyl halides is 1. The second kappa shape index (κ2) is 6.85. The first-order valence-corrected chi connectivity index (χ1v) is 8.05. The summed E-state index contributed by atoms with van der Waals surface area (Å²) in [7, 11) is 0. The molecule has 1 N–H and O–H groups in total. The van der Waals surface area contributed by atoms with E-state index >= 15 is 0 Å². The van der Waals surface area contributed by atoms with Crippen LogP contribution in [0.2, 0.25) is 0 Å². The van der Waals surface area contributed by atoms with Gasteiger partial charge in [0.05, 0.1) is 17.6 Å². The molecular weight excluding hydrogens is 268 g/mol. The lowest BCUT2D eigenvalue weighted by molar-refractivity contribution is 0.0979. The first-order chi connectivity index (χ1) is 8.78. The minimum absolute atomic E-state index is 0.332. The fourth-order valence-corrected chi connectivity index (χ4v) is 3.84. The van der Waals surface area contributed by atoms with Crippen LogP contribution >= 0.6 is 22.9 Å². The molecule has 1 aromatic rings. The molecule has 0 spiro atoms.